The summed E-state index contributed by atoms with van der Waals surface area (Å²) in [6.07, 6.45) is 1.73. The van der Waals surface area contributed by atoms with Crippen LogP contribution in [0.1, 0.15) is 11.1 Å². The standard InChI is InChI=1S/C19H22ClN5/c1-24(2)17-9-8-16(18(20)12-17)13-22-23-19-21-10-11-25(19)14-15-6-4-3-5-7-15/h3-9,12-13H,10-11,14H2,1-2H3,(H,21,23). The van der Waals surface area contributed by atoms with E-state index in [4.69, 9.17) is 11.6 Å². The minimum absolute atomic E-state index is 0.672. The maximum atomic E-state index is 6.32. The van der Waals surface area contributed by atoms with E-state index >= 15 is 0 Å². The van der Waals surface area contributed by atoms with Gasteiger partial charge in [-0.2, -0.15) is 5.10 Å². The van der Waals surface area contributed by atoms with E-state index in [1.807, 2.05) is 55.4 Å². The van der Waals surface area contributed by atoms with Gasteiger partial charge in [0.05, 0.1) is 17.8 Å². The summed E-state index contributed by atoms with van der Waals surface area (Å²) >= 11 is 6.32. The number of aliphatic imine (C=N–C) groups is 1. The summed E-state index contributed by atoms with van der Waals surface area (Å²) in [5.74, 6) is 0.793. The molecule has 130 valence electrons. The summed E-state index contributed by atoms with van der Waals surface area (Å²) in [6, 6.07) is 16.3. The van der Waals surface area contributed by atoms with Crippen LogP contribution in [0, 0.1) is 0 Å². The van der Waals surface area contributed by atoms with E-state index in [0.29, 0.717) is 5.02 Å². The second kappa shape index (κ2) is 8.03. The Labute approximate surface area is 153 Å². The third-order valence-electron chi connectivity index (χ3n) is 4.02. The van der Waals surface area contributed by atoms with Crippen LogP contribution in [0.15, 0.2) is 58.6 Å². The first kappa shape index (κ1) is 17.3. The van der Waals surface area contributed by atoms with Gasteiger partial charge in [-0.1, -0.05) is 41.9 Å². The molecule has 0 saturated heterocycles. The van der Waals surface area contributed by atoms with Crippen molar-refractivity contribution in [2.24, 2.45) is 10.1 Å². The number of hydrogen-bond acceptors (Lipinski definition) is 5. The highest BCUT2D eigenvalue weighted by molar-refractivity contribution is 6.33. The molecular weight excluding hydrogens is 334 g/mol. The van der Waals surface area contributed by atoms with Gasteiger partial charge in [-0.15, -0.1) is 0 Å². The topological polar surface area (TPSA) is 43.2 Å². The number of anilines is 1. The van der Waals surface area contributed by atoms with Crippen LogP contribution >= 0.6 is 11.6 Å². The van der Waals surface area contributed by atoms with E-state index in [1.165, 1.54) is 5.56 Å². The van der Waals surface area contributed by atoms with Crippen molar-refractivity contribution < 1.29 is 0 Å². The largest absolute Gasteiger partial charge is 0.378 e. The SMILES string of the molecule is CN(C)c1ccc(C=NNC2=NCCN2Cc2ccccc2)c(Cl)c1. The Morgan fingerprint density at radius 3 is 2.76 bits per heavy atom. The molecule has 0 atom stereocenters. The third kappa shape index (κ3) is 4.51. The number of guanidine groups is 1. The van der Waals surface area contributed by atoms with E-state index in [0.717, 1.165) is 36.8 Å². The quantitative estimate of drug-likeness (QED) is 0.661. The van der Waals surface area contributed by atoms with Crippen molar-refractivity contribution in [3.05, 3.63) is 64.7 Å². The predicted octanol–water partition coefficient (Wildman–Crippen LogP) is 3.20. The van der Waals surface area contributed by atoms with Crippen LogP contribution in [0.2, 0.25) is 5.02 Å². The molecule has 1 aliphatic heterocycles. The number of benzene rings is 2. The van der Waals surface area contributed by atoms with Crippen molar-refractivity contribution in [3.63, 3.8) is 0 Å². The summed E-state index contributed by atoms with van der Waals surface area (Å²) in [6.45, 7) is 2.49. The molecule has 6 heteroatoms. The molecule has 2 aromatic rings. The number of nitrogens with one attached hydrogen (secondary N) is 1. The molecule has 0 saturated carbocycles. The van der Waals surface area contributed by atoms with Crippen LogP contribution < -0.4 is 10.3 Å². The molecule has 0 spiro atoms. The second-order valence-electron chi connectivity index (χ2n) is 6.08. The summed E-state index contributed by atoms with van der Waals surface area (Å²) in [5, 5.41) is 4.98. The molecule has 2 aromatic carbocycles. The van der Waals surface area contributed by atoms with Crippen molar-refractivity contribution in [2.75, 3.05) is 32.1 Å². The van der Waals surface area contributed by atoms with Gasteiger partial charge < -0.3 is 9.80 Å². The van der Waals surface area contributed by atoms with E-state index in [9.17, 15) is 0 Å². The predicted molar refractivity (Wildman–Crippen MR) is 106 cm³/mol. The Morgan fingerprint density at radius 1 is 1.24 bits per heavy atom. The molecule has 1 N–H and O–H groups in total. The lowest BCUT2D eigenvalue weighted by Crippen LogP contribution is -2.35. The van der Waals surface area contributed by atoms with Gasteiger partial charge in [0.1, 0.15) is 0 Å². The van der Waals surface area contributed by atoms with Gasteiger partial charge in [-0.3, -0.25) is 0 Å². The molecule has 0 aromatic heterocycles. The molecule has 0 bridgehead atoms. The lowest BCUT2D eigenvalue weighted by atomic mass is 10.2. The lowest BCUT2D eigenvalue weighted by Gasteiger charge is -2.19. The second-order valence-corrected chi connectivity index (χ2v) is 6.49. The fraction of sp³-hybridized carbons (Fsp3) is 0.263. The highest BCUT2D eigenvalue weighted by Crippen LogP contribution is 2.21. The highest BCUT2D eigenvalue weighted by atomic mass is 35.5. The zero-order valence-electron chi connectivity index (χ0n) is 14.5. The van der Waals surface area contributed by atoms with Gasteiger partial charge in [0.25, 0.3) is 0 Å². The van der Waals surface area contributed by atoms with E-state index < -0.39 is 0 Å². The van der Waals surface area contributed by atoms with Crippen LogP contribution in [0.25, 0.3) is 0 Å². The van der Waals surface area contributed by atoms with Crippen molar-refractivity contribution >= 4 is 29.5 Å². The van der Waals surface area contributed by atoms with Gasteiger partial charge in [0, 0.05) is 38.4 Å². The summed E-state index contributed by atoms with van der Waals surface area (Å²) in [7, 11) is 3.97. The summed E-state index contributed by atoms with van der Waals surface area (Å²) < 4.78 is 0. The van der Waals surface area contributed by atoms with Crippen molar-refractivity contribution in [2.45, 2.75) is 6.54 Å². The molecular formula is C19H22ClN5. The van der Waals surface area contributed by atoms with E-state index in [1.54, 1.807) is 6.21 Å². The van der Waals surface area contributed by atoms with E-state index in [2.05, 4.69) is 32.6 Å². The van der Waals surface area contributed by atoms with Gasteiger partial charge in [0.15, 0.2) is 0 Å². The molecule has 25 heavy (non-hydrogen) atoms. The van der Waals surface area contributed by atoms with Gasteiger partial charge in [-0.25, -0.2) is 10.4 Å². The molecule has 1 heterocycles. The Balaban J connectivity index is 1.61. The Hall–Kier alpha value is -2.53. The maximum absolute atomic E-state index is 6.32. The molecule has 0 amide bonds. The molecule has 5 nitrogen and oxygen atoms in total. The fourth-order valence-electron chi connectivity index (χ4n) is 2.60. The van der Waals surface area contributed by atoms with Gasteiger partial charge in [0.2, 0.25) is 5.96 Å². The number of hydrogen-bond donors (Lipinski definition) is 1. The molecule has 0 unspecified atom stereocenters. The molecule has 1 aliphatic rings. The van der Waals surface area contributed by atoms with E-state index in [-0.39, 0.29) is 0 Å². The van der Waals surface area contributed by atoms with Crippen molar-refractivity contribution in [3.8, 4) is 0 Å². The van der Waals surface area contributed by atoms with Crippen molar-refractivity contribution in [1.82, 2.24) is 10.3 Å². The van der Waals surface area contributed by atoms with Crippen LogP contribution in [0.4, 0.5) is 5.69 Å². The van der Waals surface area contributed by atoms with Crippen LogP contribution in [-0.4, -0.2) is 44.3 Å². The van der Waals surface area contributed by atoms with Gasteiger partial charge >= 0.3 is 0 Å². The zero-order chi connectivity index (χ0) is 17.6. The highest BCUT2D eigenvalue weighted by Gasteiger charge is 2.16. The zero-order valence-corrected chi connectivity index (χ0v) is 15.2. The van der Waals surface area contributed by atoms with Gasteiger partial charge in [-0.05, 0) is 23.8 Å². The minimum atomic E-state index is 0.672. The normalized spacial score (nSPS) is 14.0. The Morgan fingerprint density at radius 2 is 2.04 bits per heavy atom. The average molecular weight is 356 g/mol. The molecule has 3 rings (SSSR count). The number of rotatable bonds is 5. The van der Waals surface area contributed by atoms with Crippen LogP contribution in [0.3, 0.4) is 0 Å². The first-order chi connectivity index (χ1) is 12.1. The number of nitrogens with zero attached hydrogens (tertiary/aromatic N) is 4. The fourth-order valence-corrected chi connectivity index (χ4v) is 2.83. The molecule has 0 radical (unpaired) electrons. The lowest BCUT2D eigenvalue weighted by molar-refractivity contribution is 0.438. The number of hydrazone groups is 1. The van der Waals surface area contributed by atoms with Crippen LogP contribution in [0.5, 0.6) is 0 Å². The van der Waals surface area contributed by atoms with Crippen molar-refractivity contribution in [1.29, 1.82) is 0 Å². The third-order valence-corrected chi connectivity index (χ3v) is 4.34. The smallest absolute Gasteiger partial charge is 0.215 e. The Bertz CT molecular complexity index is 771. The molecule has 0 fully saturated rings. The number of halogens is 1. The monoisotopic (exact) mass is 355 g/mol. The first-order valence-corrected chi connectivity index (χ1v) is 8.60. The summed E-state index contributed by atoms with van der Waals surface area (Å²) in [4.78, 5) is 8.68. The average Bonchev–Trinajstić information content (AvgIpc) is 3.04. The maximum Gasteiger partial charge on any atom is 0.215 e. The summed E-state index contributed by atoms with van der Waals surface area (Å²) in [5.41, 5.74) is 6.22. The first-order valence-electron chi connectivity index (χ1n) is 8.23. The van der Waals surface area contributed by atoms with Crippen LogP contribution in [-0.2, 0) is 6.54 Å². The minimum Gasteiger partial charge on any atom is -0.378 e. The Kier molecular flexibility index (Phi) is 5.56. The molecule has 0 aliphatic carbocycles.